The maximum atomic E-state index is 5.45. The van der Waals surface area contributed by atoms with Gasteiger partial charge in [0.25, 0.3) is 0 Å². The highest BCUT2D eigenvalue weighted by molar-refractivity contribution is 7.80. The highest BCUT2D eigenvalue weighted by Crippen LogP contribution is 2.10. The molecule has 0 saturated heterocycles. The van der Waals surface area contributed by atoms with E-state index in [1.54, 1.807) is 0 Å². The van der Waals surface area contributed by atoms with Crippen molar-refractivity contribution in [3.8, 4) is 0 Å². The molecule has 2 heteroatoms. The molecule has 0 radical (unpaired) electrons. The zero-order chi connectivity index (χ0) is 8.97. The van der Waals surface area contributed by atoms with Gasteiger partial charge in [-0.1, -0.05) is 12.1 Å². The second kappa shape index (κ2) is 4.53. The van der Waals surface area contributed by atoms with Gasteiger partial charge in [0.15, 0.2) is 0 Å². The van der Waals surface area contributed by atoms with Gasteiger partial charge in [-0.25, -0.2) is 0 Å². The minimum Gasteiger partial charge on any atom is -0.374 e. The number of hydrogen-bond donors (Lipinski definition) is 1. The van der Waals surface area contributed by atoms with E-state index >= 15 is 0 Å². The van der Waals surface area contributed by atoms with E-state index in [2.05, 4.69) is 12.6 Å². The van der Waals surface area contributed by atoms with E-state index in [0.29, 0.717) is 6.61 Å². The maximum absolute atomic E-state index is 5.45. The van der Waals surface area contributed by atoms with E-state index in [1.807, 2.05) is 38.1 Å². The van der Waals surface area contributed by atoms with Gasteiger partial charge in [-0.05, 0) is 31.5 Å². The molecule has 0 heterocycles. The minimum atomic E-state index is 0.286. The second-order valence-corrected chi connectivity index (χ2v) is 3.55. The normalized spacial score (nSPS) is 10.7. The molecule has 0 saturated carbocycles. The van der Waals surface area contributed by atoms with Crippen molar-refractivity contribution in [2.24, 2.45) is 0 Å². The van der Waals surface area contributed by atoms with E-state index in [0.717, 1.165) is 4.90 Å². The molecule has 0 spiro atoms. The Kier molecular flexibility index (Phi) is 3.63. The predicted octanol–water partition coefficient (Wildman–Crippen LogP) is 2.90. The van der Waals surface area contributed by atoms with E-state index in [4.69, 9.17) is 4.74 Å². The average Bonchev–Trinajstić information content (AvgIpc) is 2.01. The second-order valence-electron chi connectivity index (χ2n) is 3.03. The summed E-state index contributed by atoms with van der Waals surface area (Å²) in [6, 6.07) is 8.01. The van der Waals surface area contributed by atoms with Crippen molar-refractivity contribution in [3.05, 3.63) is 29.8 Å². The standard InChI is InChI=1S/C10H14OS/c1-8(2)11-7-9-4-3-5-10(12)6-9/h3-6,8,12H,7H2,1-2H3. The summed E-state index contributed by atoms with van der Waals surface area (Å²) in [6.07, 6.45) is 0.286. The van der Waals surface area contributed by atoms with Crippen LogP contribution in [0.1, 0.15) is 19.4 Å². The van der Waals surface area contributed by atoms with Crippen LogP contribution in [-0.2, 0) is 11.3 Å². The van der Waals surface area contributed by atoms with Crippen LogP contribution in [0.25, 0.3) is 0 Å². The Bertz CT molecular complexity index is 245. The van der Waals surface area contributed by atoms with Crippen molar-refractivity contribution in [3.63, 3.8) is 0 Å². The van der Waals surface area contributed by atoms with Gasteiger partial charge < -0.3 is 4.74 Å². The minimum absolute atomic E-state index is 0.286. The molecule has 0 aliphatic rings. The third-order valence-electron chi connectivity index (χ3n) is 1.49. The van der Waals surface area contributed by atoms with Crippen molar-refractivity contribution in [2.75, 3.05) is 0 Å². The fourth-order valence-electron chi connectivity index (χ4n) is 0.909. The third-order valence-corrected chi connectivity index (χ3v) is 1.77. The fourth-order valence-corrected chi connectivity index (χ4v) is 1.16. The molecular weight excluding hydrogens is 168 g/mol. The molecule has 1 rings (SSSR count). The molecule has 0 aliphatic carbocycles. The molecule has 0 unspecified atom stereocenters. The molecule has 0 atom stereocenters. The van der Waals surface area contributed by atoms with Gasteiger partial charge in [-0.15, -0.1) is 12.6 Å². The number of thiol groups is 1. The summed E-state index contributed by atoms with van der Waals surface area (Å²) < 4.78 is 5.45. The Labute approximate surface area is 79.2 Å². The summed E-state index contributed by atoms with van der Waals surface area (Å²) in [7, 11) is 0. The number of ether oxygens (including phenoxy) is 1. The van der Waals surface area contributed by atoms with Crippen molar-refractivity contribution in [1.82, 2.24) is 0 Å². The Morgan fingerprint density at radius 1 is 1.42 bits per heavy atom. The molecule has 12 heavy (non-hydrogen) atoms. The summed E-state index contributed by atoms with van der Waals surface area (Å²) in [5.41, 5.74) is 1.18. The van der Waals surface area contributed by atoms with Crippen LogP contribution in [-0.4, -0.2) is 6.10 Å². The number of benzene rings is 1. The van der Waals surface area contributed by atoms with Crippen molar-refractivity contribution < 1.29 is 4.74 Å². The molecule has 1 aromatic carbocycles. The number of rotatable bonds is 3. The molecule has 0 amide bonds. The monoisotopic (exact) mass is 182 g/mol. The zero-order valence-electron chi connectivity index (χ0n) is 7.45. The first-order chi connectivity index (χ1) is 5.68. The summed E-state index contributed by atoms with van der Waals surface area (Å²) >= 11 is 4.24. The molecule has 0 bridgehead atoms. The van der Waals surface area contributed by atoms with Gasteiger partial charge in [-0.3, -0.25) is 0 Å². The van der Waals surface area contributed by atoms with E-state index < -0.39 is 0 Å². The fraction of sp³-hybridized carbons (Fsp3) is 0.400. The first-order valence-electron chi connectivity index (χ1n) is 4.08. The molecule has 0 aliphatic heterocycles. The smallest absolute Gasteiger partial charge is 0.0720 e. The van der Waals surface area contributed by atoms with Crippen LogP contribution in [0.2, 0.25) is 0 Å². The van der Waals surface area contributed by atoms with Crippen LogP contribution in [0.15, 0.2) is 29.2 Å². The van der Waals surface area contributed by atoms with Gasteiger partial charge in [0.05, 0.1) is 12.7 Å². The molecule has 66 valence electrons. The average molecular weight is 182 g/mol. The van der Waals surface area contributed by atoms with Crippen LogP contribution in [0.5, 0.6) is 0 Å². The van der Waals surface area contributed by atoms with E-state index in [9.17, 15) is 0 Å². The summed E-state index contributed by atoms with van der Waals surface area (Å²) in [5, 5.41) is 0. The van der Waals surface area contributed by atoms with Crippen LogP contribution >= 0.6 is 12.6 Å². The van der Waals surface area contributed by atoms with Gasteiger partial charge in [0.1, 0.15) is 0 Å². The zero-order valence-corrected chi connectivity index (χ0v) is 8.34. The lowest BCUT2D eigenvalue weighted by Crippen LogP contribution is -2.01. The first kappa shape index (κ1) is 9.62. The van der Waals surface area contributed by atoms with Crippen molar-refractivity contribution in [1.29, 1.82) is 0 Å². The molecular formula is C10H14OS. The SMILES string of the molecule is CC(C)OCc1cccc(S)c1. The topological polar surface area (TPSA) is 9.23 Å². The van der Waals surface area contributed by atoms with Gasteiger partial charge >= 0.3 is 0 Å². The van der Waals surface area contributed by atoms with E-state index in [1.165, 1.54) is 5.56 Å². The summed E-state index contributed by atoms with van der Waals surface area (Å²) in [6.45, 7) is 4.74. The Balaban J connectivity index is 2.52. The lowest BCUT2D eigenvalue weighted by atomic mass is 10.2. The Morgan fingerprint density at radius 3 is 2.75 bits per heavy atom. The first-order valence-corrected chi connectivity index (χ1v) is 4.52. The maximum Gasteiger partial charge on any atom is 0.0720 e. The lowest BCUT2D eigenvalue weighted by Gasteiger charge is -2.07. The molecule has 0 N–H and O–H groups in total. The number of hydrogen-bond acceptors (Lipinski definition) is 2. The van der Waals surface area contributed by atoms with Crippen LogP contribution in [0.4, 0.5) is 0 Å². The Hall–Kier alpha value is -0.470. The largest absolute Gasteiger partial charge is 0.374 e. The Morgan fingerprint density at radius 2 is 2.17 bits per heavy atom. The highest BCUT2D eigenvalue weighted by atomic mass is 32.1. The molecule has 1 aromatic rings. The summed E-state index contributed by atoms with van der Waals surface area (Å²) in [4.78, 5) is 0.986. The molecule has 1 nitrogen and oxygen atoms in total. The van der Waals surface area contributed by atoms with Gasteiger partial charge in [0, 0.05) is 4.90 Å². The van der Waals surface area contributed by atoms with Gasteiger partial charge in [-0.2, -0.15) is 0 Å². The van der Waals surface area contributed by atoms with Crippen molar-refractivity contribution >= 4 is 12.6 Å². The van der Waals surface area contributed by atoms with E-state index in [-0.39, 0.29) is 6.10 Å². The van der Waals surface area contributed by atoms with Crippen LogP contribution in [0.3, 0.4) is 0 Å². The quantitative estimate of drug-likeness (QED) is 0.707. The third kappa shape index (κ3) is 3.28. The molecule has 0 aromatic heterocycles. The van der Waals surface area contributed by atoms with Gasteiger partial charge in [0.2, 0.25) is 0 Å². The lowest BCUT2D eigenvalue weighted by molar-refractivity contribution is 0.0656. The van der Waals surface area contributed by atoms with Crippen LogP contribution in [0, 0.1) is 0 Å². The predicted molar refractivity (Wildman–Crippen MR) is 53.6 cm³/mol. The summed E-state index contributed by atoms with van der Waals surface area (Å²) in [5.74, 6) is 0. The van der Waals surface area contributed by atoms with Crippen molar-refractivity contribution in [2.45, 2.75) is 31.5 Å². The highest BCUT2D eigenvalue weighted by Gasteiger charge is 1.95. The molecule has 0 fully saturated rings. The van der Waals surface area contributed by atoms with Crippen LogP contribution < -0.4 is 0 Å².